The third-order valence-corrected chi connectivity index (χ3v) is 5.08. The number of tetrazole rings is 1. The number of aromatic nitrogens is 4. The topological polar surface area (TPSA) is 69.9 Å². The maximum absolute atomic E-state index is 12.7. The number of Topliss-reactive ketones (excluding diaryl/α,β-unsaturated/α-hetero) is 1. The molecule has 3 rings (SSSR count). The van der Waals surface area contributed by atoms with E-state index in [0.29, 0.717) is 10.7 Å². The minimum absolute atomic E-state index is 0.0211. The van der Waals surface area contributed by atoms with Crippen LogP contribution in [0.1, 0.15) is 28.4 Å². The van der Waals surface area contributed by atoms with Gasteiger partial charge in [-0.2, -0.15) is 4.68 Å². The molecular formula is C19H20N4O2S. The van der Waals surface area contributed by atoms with E-state index in [4.69, 9.17) is 4.74 Å². The second kappa shape index (κ2) is 7.70. The highest BCUT2D eigenvalue weighted by Crippen LogP contribution is 2.27. The van der Waals surface area contributed by atoms with E-state index < -0.39 is 0 Å². The third kappa shape index (κ3) is 3.77. The van der Waals surface area contributed by atoms with Gasteiger partial charge in [-0.1, -0.05) is 29.5 Å². The highest BCUT2D eigenvalue weighted by molar-refractivity contribution is 8.00. The molecule has 2 aromatic carbocycles. The van der Waals surface area contributed by atoms with E-state index in [-0.39, 0.29) is 11.0 Å². The molecule has 3 aromatic rings. The summed E-state index contributed by atoms with van der Waals surface area (Å²) in [5.74, 6) is 0.744. The zero-order valence-corrected chi connectivity index (χ0v) is 15.9. The molecular weight excluding hydrogens is 348 g/mol. The van der Waals surface area contributed by atoms with Crippen molar-refractivity contribution in [1.82, 2.24) is 20.2 Å². The van der Waals surface area contributed by atoms with Crippen molar-refractivity contribution in [2.45, 2.75) is 31.2 Å². The summed E-state index contributed by atoms with van der Waals surface area (Å²) in [4.78, 5) is 12.7. The Morgan fingerprint density at radius 3 is 2.54 bits per heavy atom. The summed E-state index contributed by atoms with van der Waals surface area (Å²) in [6, 6.07) is 13.2. The van der Waals surface area contributed by atoms with Gasteiger partial charge in [-0.15, -0.1) is 5.10 Å². The SMILES string of the molecule is COc1ccc(C(=O)[C@@H](C)Sc2nnnn2-c2ccc(C)cc2C)cc1. The molecule has 134 valence electrons. The fourth-order valence-corrected chi connectivity index (χ4v) is 3.53. The van der Waals surface area contributed by atoms with Gasteiger partial charge in [-0.05, 0) is 67.1 Å². The molecule has 0 aliphatic heterocycles. The van der Waals surface area contributed by atoms with Crippen molar-refractivity contribution in [3.63, 3.8) is 0 Å². The molecule has 7 heteroatoms. The van der Waals surface area contributed by atoms with Crippen LogP contribution >= 0.6 is 11.8 Å². The summed E-state index contributed by atoms with van der Waals surface area (Å²) in [5, 5.41) is 12.2. The Labute approximate surface area is 156 Å². The predicted octanol–water partition coefficient (Wildman–Crippen LogP) is 3.65. The monoisotopic (exact) mass is 368 g/mol. The first kappa shape index (κ1) is 18.1. The Bertz CT molecular complexity index is 922. The normalized spacial score (nSPS) is 12.0. The molecule has 1 aromatic heterocycles. The Balaban J connectivity index is 1.80. The number of carbonyl (C=O) groups excluding carboxylic acids is 1. The minimum atomic E-state index is -0.320. The molecule has 0 aliphatic rings. The van der Waals surface area contributed by atoms with Crippen molar-refractivity contribution in [3.05, 3.63) is 59.2 Å². The highest BCUT2D eigenvalue weighted by Gasteiger charge is 2.21. The molecule has 0 aliphatic carbocycles. The van der Waals surface area contributed by atoms with E-state index in [2.05, 4.69) is 21.6 Å². The van der Waals surface area contributed by atoms with Crippen molar-refractivity contribution in [2.75, 3.05) is 7.11 Å². The number of ether oxygens (including phenoxy) is 1. The van der Waals surface area contributed by atoms with E-state index in [9.17, 15) is 4.79 Å². The van der Waals surface area contributed by atoms with Crippen molar-refractivity contribution < 1.29 is 9.53 Å². The lowest BCUT2D eigenvalue weighted by Gasteiger charge is -2.12. The fraction of sp³-hybridized carbons (Fsp3) is 0.263. The molecule has 0 amide bonds. The van der Waals surface area contributed by atoms with Crippen LogP contribution in [-0.2, 0) is 0 Å². The number of rotatable bonds is 6. The molecule has 0 radical (unpaired) electrons. The van der Waals surface area contributed by atoms with Gasteiger partial charge in [-0.25, -0.2) is 0 Å². The summed E-state index contributed by atoms with van der Waals surface area (Å²) in [6.45, 7) is 5.92. The van der Waals surface area contributed by atoms with E-state index in [1.807, 2.05) is 32.9 Å². The van der Waals surface area contributed by atoms with Crippen LogP contribution < -0.4 is 4.74 Å². The predicted molar refractivity (Wildman–Crippen MR) is 101 cm³/mol. The number of methoxy groups -OCH3 is 1. The van der Waals surface area contributed by atoms with E-state index in [0.717, 1.165) is 17.0 Å². The van der Waals surface area contributed by atoms with Crippen molar-refractivity contribution in [2.24, 2.45) is 0 Å². The second-order valence-electron chi connectivity index (χ2n) is 6.02. The maximum atomic E-state index is 12.7. The molecule has 26 heavy (non-hydrogen) atoms. The molecule has 0 bridgehead atoms. The summed E-state index contributed by atoms with van der Waals surface area (Å²) < 4.78 is 6.81. The fourth-order valence-electron chi connectivity index (χ4n) is 2.65. The number of ketones is 1. The molecule has 0 saturated carbocycles. The lowest BCUT2D eigenvalue weighted by molar-refractivity contribution is 0.0994. The van der Waals surface area contributed by atoms with Gasteiger partial charge < -0.3 is 4.74 Å². The molecule has 0 saturated heterocycles. The van der Waals surface area contributed by atoms with Gasteiger partial charge >= 0.3 is 0 Å². The molecule has 1 atom stereocenters. The first-order chi connectivity index (χ1) is 12.5. The van der Waals surface area contributed by atoms with Crippen LogP contribution in [0.4, 0.5) is 0 Å². The van der Waals surface area contributed by atoms with Gasteiger partial charge in [0, 0.05) is 5.56 Å². The number of thioether (sulfide) groups is 1. The van der Waals surface area contributed by atoms with E-state index in [1.54, 1.807) is 36.1 Å². The van der Waals surface area contributed by atoms with Crippen LogP contribution in [0.3, 0.4) is 0 Å². The lowest BCUT2D eigenvalue weighted by Crippen LogP contribution is -2.15. The molecule has 0 spiro atoms. The lowest BCUT2D eigenvalue weighted by atomic mass is 10.1. The molecule has 0 N–H and O–H groups in total. The minimum Gasteiger partial charge on any atom is -0.497 e. The number of aryl methyl sites for hydroxylation is 2. The Morgan fingerprint density at radius 2 is 1.88 bits per heavy atom. The first-order valence-corrected chi connectivity index (χ1v) is 9.08. The molecule has 0 unspecified atom stereocenters. The first-order valence-electron chi connectivity index (χ1n) is 8.20. The molecule has 1 heterocycles. The average Bonchev–Trinajstić information content (AvgIpc) is 3.09. The maximum Gasteiger partial charge on any atom is 0.214 e. The van der Waals surface area contributed by atoms with Crippen molar-refractivity contribution in [1.29, 1.82) is 0 Å². The molecule has 6 nitrogen and oxygen atoms in total. The van der Waals surface area contributed by atoms with Gasteiger partial charge in [0.15, 0.2) is 5.78 Å². The zero-order chi connectivity index (χ0) is 18.7. The van der Waals surface area contributed by atoms with Crippen LogP contribution in [0.25, 0.3) is 5.69 Å². The van der Waals surface area contributed by atoms with Crippen LogP contribution in [-0.4, -0.2) is 38.4 Å². The number of hydrogen-bond donors (Lipinski definition) is 0. The van der Waals surface area contributed by atoms with Crippen LogP contribution in [0.5, 0.6) is 5.75 Å². The zero-order valence-electron chi connectivity index (χ0n) is 15.1. The summed E-state index contributed by atoms with van der Waals surface area (Å²) in [5.41, 5.74) is 3.80. The van der Waals surface area contributed by atoms with Gasteiger partial charge in [0.25, 0.3) is 0 Å². The summed E-state index contributed by atoms with van der Waals surface area (Å²) in [6.07, 6.45) is 0. The largest absolute Gasteiger partial charge is 0.497 e. The Morgan fingerprint density at radius 1 is 1.15 bits per heavy atom. The van der Waals surface area contributed by atoms with Crippen LogP contribution in [0.15, 0.2) is 47.6 Å². The number of hydrogen-bond acceptors (Lipinski definition) is 6. The van der Waals surface area contributed by atoms with Crippen molar-refractivity contribution >= 4 is 17.5 Å². The van der Waals surface area contributed by atoms with Gasteiger partial charge in [-0.3, -0.25) is 4.79 Å². The van der Waals surface area contributed by atoms with Gasteiger partial charge in [0.1, 0.15) is 5.75 Å². The highest BCUT2D eigenvalue weighted by atomic mass is 32.2. The van der Waals surface area contributed by atoms with Crippen LogP contribution in [0, 0.1) is 13.8 Å². The smallest absolute Gasteiger partial charge is 0.214 e. The molecule has 0 fully saturated rings. The number of carbonyl (C=O) groups is 1. The van der Waals surface area contributed by atoms with E-state index in [1.165, 1.54) is 17.3 Å². The second-order valence-corrected chi connectivity index (χ2v) is 7.32. The third-order valence-electron chi connectivity index (χ3n) is 4.05. The van der Waals surface area contributed by atoms with Crippen LogP contribution in [0.2, 0.25) is 0 Å². The van der Waals surface area contributed by atoms with E-state index >= 15 is 0 Å². The number of benzene rings is 2. The summed E-state index contributed by atoms with van der Waals surface area (Å²) in [7, 11) is 1.60. The Hall–Kier alpha value is -2.67. The average molecular weight is 368 g/mol. The summed E-state index contributed by atoms with van der Waals surface area (Å²) >= 11 is 1.34. The standard InChI is InChI=1S/C19H20N4O2S/c1-12-5-10-17(13(2)11-12)23-19(20-21-22-23)26-14(3)18(24)15-6-8-16(25-4)9-7-15/h5-11,14H,1-4H3/t14-/m1/s1. The van der Waals surface area contributed by atoms with Crippen molar-refractivity contribution in [3.8, 4) is 11.4 Å². The number of nitrogens with zero attached hydrogens (tertiary/aromatic N) is 4. The van der Waals surface area contributed by atoms with Gasteiger partial charge in [0.2, 0.25) is 5.16 Å². The van der Waals surface area contributed by atoms with Gasteiger partial charge in [0.05, 0.1) is 18.0 Å². The quantitative estimate of drug-likeness (QED) is 0.489. The Kier molecular flexibility index (Phi) is 5.37.